The molecular formula is C26H32Cl2N2. The van der Waals surface area contributed by atoms with Crippen molar-refractivity contribution >= 4 is 24.8 Å². The van der Waals surface area contributed by atoms with Gasteiger partial charge in [-0.1, -0.05) is 97.9 Å². The van der Waals surface area contributed by atoms with E-state index >= 15 is 0 Å². The van der Waals surface area contributed by atoms with E-state index in [9.17, 15) is 0 Å². The predicted octanol–water partition coefficient (Wildman–Crippen LogP) is 5.75. The van der Waals surface area contributed by atoms with Crippen molar-refractivity contribution in [3.8, 4) is 0 Å². The van der Waals surface area contributed by atoms with Crippen LogP contribution in [0.5, 0.6) is 0 Å². The van der Waals surface area contributed by atoms with Gasteiger partial charge in [-0.25, -0.2) is 0 Å². The van der Waals surface area contributed by atoms with Gasteiger partial charge < -0.3 is 5.32 Å². The van der Waals surface area contributed by atoms with E-state index in [1.54, 1.807) is 0 Å². The Labute approximate surface area is 193 Å². The van der Waals surface area contributed by atoms with Crippen LogP contribution in [0.1, 0.15) is 30.0 Å². The third-order valence-corrected chi connectivity index (χ3v) is 6.38. The number of piperidine rings is 1. The number of likely N-dealkylation sites (tertiary alicyclic amines) is 1. The number of rotatable bonds is 5. The van der Waals surface area contributed by atoms with Crippen molar-refractivity contribution < 1.29 is 0 Å². The van der Waals surface area contributed by atoms with E-state index < -0.39 is 0 Å². The van der Waals surface area contributed by atoms with Crippen LogP contribution in [0.3, 0.4) is 0 Å². The fourth-order valence-corrected chi connectivity index (χ4v) is 4.84. The fraction of sp³-hybridized carbons (Fsp3) is 0.308. The first-order chi connectivity index (χ1) is 13.8. The SMILES string of the molecule is CN[C@H]1CN(C(c2ccccc2)(c2ccccc2)c2ccccc2)CC[C@H]1C.Cl.Cl. The molecule has 1 heterocycles. The zero-order chi connectivity index (χ0) is 19.4. The van der Waals surface area contributed by atoms with Crippen LogP contribution in [0.15, 0.2) is 91.0 Å². The van der Waals surface area contributed by atoms with Crippen molar-refractivity contribution in [2.24, 2.45) is 5.92 Å². The monoisotopic (exact) mass is 442 g/mol. The van der Waals surface area contributed by atoms with Crippen LogP contribution in [0.4, 0.5) is 0 Å². The molecule has 1 aliphatic heterocycles. The molecule has 3 aromatic rings. The number of halogens is 2. The van der Waals surface area contributed by atoms with E-state index in [1.165, 1.54) is 23.1 Å². The quantitative estimate of drug-likeness (QED) is 0.505. The van der Waals surface area contributed by atoms with E-state index in [-0.39, 0.29) is 30.4 Å². The van der Waals surface area contributed by atoms with Crippen LogP contribution in [0, 0.1) is 5.92 Å². The number of nitrogens with zero attached hydrogens (tertiary/aromatic N) is 1. The number of hydrogen-bond acceptors (Lipinski definition) is 2. The molecule has 160 valence electrons. The van der Waals surface area contributed by atoms with E-state index in [1.807, 2.05) is 0 Å². The molecule has 30 heavy (non-hydrogen) atoms. The minimum atomic E-state index is -0.293. The van der Waals surface area contributed by atoms with Crippen LogP contribution in [0.25, 0.3) is 0 Å². The maximum atomic E-state index is 3.57. The lowest BCUT2D eigenvalue weighted by atomic mass is 9.74. The molecule has 1 fully saturated rings. The highest BCUT2D eigenvalue weighted by molar-refractivity contribution is 5.85. The van der Waals surface area contributed by atoms with Gasteiger partial charge in [-0.15, -0.1) is 24.8 Å². The first-order valence-corrected chi connectivity index (χ1v) is 10.4. The van der Waals surface area contributed by atoms with E-state index in [4.69, 9.17) is 0 Å². The minimum Gasteiger partial charge on any atom is -0.315 e. The van der Waals surface area contributed by atoms with Crippen LogP contribution in [-0.4, -0.2) is 31.1 Å². The molecule has 0 amide bonds. The van der Waals surface area contributed by atoms with Crippen LogP contribution in [-0.2, 0) is 5.54 Å². The Morgan fingerprint density at radius 3 is 1.50 bits per heavy atom. The number of hydrogen-bond donors (Lipinski definition) is 1. The molecular weight excluding hydrogens is 411 g/mol. The summed E-state index contributed by atoms with van der Waals surface area (Å²) < 4.78 is 0. The molecule has 2 atom stereocenters. The Hall–Kier alpha value is -1.84. The first kappa shape index (κ1) is 24.4. The Morgan fingerprint density at radius 1 is 0.733 bits per heavy atom. The molecule has 0 aliphatic carbocycles. The van der Waals surface area contributed by atoms with Crippen molar-refractivity contribution in [3.63, 3.8) is 0 Å². The molecule has 0 aromatic heterocycles. The van der Waals surface area contributed by atoms with Crippen molar-refractivity contribution in [1.82, 2.24) is 10.2 Å². The van der Waals surface area contributed by atoms with Gasteiger partial charge in [0.25, 0.3) is 0 Å². The Kier molecular flexibility index (Phi) is 8.93. The summed E-state index contributed by atoms with van der Waals surface area (Å²) in [4.78, 5) is 2.69. The summed E-state index contributed by atoms with van der Waals surface area (Å²) in [5.41, 5.74) is 3.70. The van der Waals surface area contributed by atoms with Gasteiger partial charge in [0.05, 0.1) is 5.54 Å². The van der Waals surface area contributed by atoms with Gasteiger partial charge >= 0.3 is 0 Å². The minimum absolute atomic E-state index is 0. The second kappa shape index (κ2) is 11.0. The highest BCUT2D eigenvalue weighted by Crippen LogP contribution is 2.44. The fourth-order valence-electron chi connectivity index (χ4n) is 4.84. The molecule has 3 aromatic carbocycles. The molecule has 1 saturated heterocycles. The lowest BCUT2D eigenvalue weighted by molar-refractivity contribution is 0.0818. The van der Waals surface area contributed by atoms with Gasteiger partial charge in [0.2, 0.25) is 0 Å². The maximum Gasteiger partial charge on any atom is 0.0973 e. The van der Waals surface area contributed by atoms with Crippen molar-refractivity contribution in [1.29, 1.82) is 0 Å². The van der Waals surface area contributed by atoms with Gasteiger partial charge in [-0.3, -0.25) is 4.90 Å². The summed E-state index contributed by atoms with van der Waals surface area (Å²) in [6.07, 6.45) is 1.19. The molecule has 0 unspecified atom stereocenters. The lowest BCUT2D eigenvalue weighted by Crippen LogP contribution is -2.57. The summed E-state index contributed by atoms with van der Waals surface area (Å²) >= 11 is 0. The van der Waals surface area contributed by atoms with Gasteiger partial charge in [-0.05, 0) is 36.1 Å². The Balaban J connectivity index is 0.00000160. The number of benzene rings is 3. The van der Waals surface area contributed by atoms with Crippen molar-refractivity contribution in [2.45, 2.75) is 24.9 Å². The average Bonchev–Trinajstić information content (AvgIpc) is 2.77. The van der Waals surface area contributed by atoms with Crippen LogP contribution in [0.2, 0.25) is 0 Å². The lowest BCUT2D eigenvalue weighted by Gasteiger charge is -2.50. The summed E-state index contributed by atoms with van der Waals surface area (Å²) in [6, 6.07) is 33.5. The van der Waals surface area contributed by atoms with Crippen molar-refractivity contribution in [3.05, 3.63) is 108 Å². The largest absolute Gasteiger partial charge is 0.315 e. The highest BCUT2D eigenvalue weighted by Gasteiger charge is 2.44. The molecule has 4 rings (SSSR count). The number of nitrogens with one attached hydrogen (secondary N) is 1. The summed E-state index contributed by atoms with van der Waals surface area (Å²) in [7, 11) is 2.10. The molecule has 1 aliphatic rings. The third kappa shape index (κ3) is 4.43. The smallest absolute Gasteiger partial charge is 0.0973 e. The maximum absolute atomic E-state index is 3.57. The summed E-state index contributed by atoms with van der Waals surface area (Å²) in [6.45, 7) is 4.47. The second-order valence-corrected chi connectivity index (χ2v) is 7.92. The molecule has 1 N–H and O–H groups in total. The Morgan fingerprint density at radius 2 is 1.13 bits per heavy atom. The van der Waals surface area contributed by atoms with E-state index in [2.05, 4.69) is 115 Å². The average molecular weight is 443 g/mol. The molecule has 0 saturated carbocycles. The standard InChI is InChI=1S/C26H30N2.2ClH/c1-21-18-19-28(20-25(21)27-2)26(22-12-6-3-7-13-22,23-14-8-4-9-15-23)24-16-10-5-11-17-24;;/h3-17,21,25,27H,18-20H2,1-2H3;2*1H/t21-,25+;;/m1../s1. The zero-order valence-corrected chi connectivity index (χ0v) is 19.3. The first-order valence-electron chi connectivity index (χ1n) is 10.4. The highest BCUT2D eigenvalue weighted by atomic mass is 35.5. The molecule has 4 heteroatoms. The zero-order valence-electron chi connectivity index (χ0n) is 17.7. The molecule has 0 spiro atoms. The second-order valence-electron chi connectivity index (χ2n) is 7.92. The van der Waals surface area contributed by atoms with Crippen molar-refractivity contribution in [2.75, 3.05) is 20.1 Å². The topological polar surface area (TPSA) is 15.3 Å². The normalized spacial score (nSPS) is 19.4. The number of likely N-dealkylation sites (N-methyl/N-ethyl adjacent to an activating group) is 1. The molecule has 0 bridgehead atoms. The van der Waals surface area contributed by atoms with E-state index in [0.717, 1.165) is 13.1 Å². The third-order valence-electron chi connectivity index (χ3n) is 6.38. The van der Waals surface area contributed by atoms with Gasteiger partial charge in [0.15, 0.2) is 0 Å². The molecule has 0 radical (unpaired) electrons. The van der Waals surface area contributed by atoms with Gasteiger partial charge in [0, 0.05) is 19.1 Å². The van der Waals surface area contributed by atoms with E-state index in [0.29, 0.717) is 12.0 Å². The van der Waals surface area contributed by atoms with Crippen LogP contribution >= 0.6 is 24.8 Å². The summed E-state index contributed by atoms with van der Waals surface area (Å²) in [5, 5.41) is 3.57. The van der Waals surface area contributed by atoms with Crippen LogP contribution < -0.4 is 5.32 Å². The summed E-state index contributed by atoms with van der Waals surface area (Å²) in [5.74, 6) is 0.682. The predicted molar refractivity (Wildman–Crippen MR) is 132 cm³/mol. The van der Waals surface area contributed by atoms with Gasteiger partial charge in [-0.2, -0.15) is 0 Å². The molecule has 2 nitrogen and oxygen atoms in total. The van der Waals surface area contributed by atoms with Gasteiger partial charge in [0.1, 0.15) is 0 Å². The Bertz CT molecular complexity index is 775.